The number of halogens is 1. The number of carbonyl (C=O) groups excluding carboxylic acids is 1. The summed E-state index contributed by atoms with van der Waals surface area (Å²) in [5, 5.41) is 9.79. The Bertz CT molecular complexity index is 768. The van der Waals surface area contributed by atoms with E-state index in [9.17, 15) is 4.79 Å². The molecule has 3 N–H and O–H groups in total. The van der Waals surface area contributed by atoms with Gasteiger partial charge < -0.3 is 16.0 Å². The fraction of sp³-hybridized carbons (Fsp3) is 0.133. The monoisotopic (exact) mass is 361 g/mol. The van der Waals surface area contributed by atoms with Gasteiger partial charge >= 0.3 is 0 Å². The molecule has 1 aromatic carbocycles. The number of carbonyl (C=O) groups is 1. The molecule has 2 aromatic rings. The standard InChI is InChI=1S/C15H12BrN3OS/c16-12-6-5-11(21-12)14-13-10(7-17-15(13)20)18-8-3-1-2-4-9(8)19-14/h1-6,14,18-19H,7H2,(H,17,20). The number of anilines is 2. The molecule has 0 radical (unpaired) electrons. The number of rotatable bonds is 1. The van der Waals surface area contributed by atoms with Crippen molar-refractivity contribution in [3.8, 4) is 0 Å². The molecule has 1 atom stereocenters. The van der Waals surface area contributed by atoms with Crippen LogP contribution < -0.4 is 16.0 Å². The molecule has 6 heteroatoms. The lowest BCUT2D eigenvalue weighted by Crippen LogP contribution is -2.23. The van der Waals surface area contributed by atoms with E-state index in [0.29, 0.717) is 6.54 Å². The zero-order chi connectivity index (χ0) is 14.4. The van der Waals surface area contributed by atoms with Crippen LogP contribution >= 0.6 is 27.3 Å². The summed E-state index contributed by atoms with van der Waals surface area (Å²) in [5.41, 5.74) is 3.74. The lowest BCUT2D eigenvalue weighted by Gasteiger charge is -2.18. The molecule has 2 aliphatic rings. The van der Waals surface area contributed by atoms with Crippen LogP contribution in [0.1, 0.15) is 10.9 Å². The molecule has 1 amide bonds. The summed E-state index contributed by atoms with van der Waals surface area (Å²) in [5.74, 6) is -0.00710. The lowest BCUT2D eigenvalue weighted by atomic mass is 10.0. The third-order valence-corrected chi connectivity index (χ3v) is 5.36. The van der Waals surface area contributed by atoms with Crippen LogP contribution in [0.5, 0.6) is 0 Å². The first-order chi connectivity index (χ1) is 10.2. The van der Waals surface area contributed by atoms with Crippen molar-refractivity contribution < 1.29 is 4.79 Å². The Morgan fingerprint density at radius 2 is 1.95 bits per heavy atom. The second-order valence-electron chi connectivity index (χ2n) is 4.96. The summed E-state index contributed by atoms with van der Waals surface area (Å²) >= 11 is 5.14. The highest BCUT2D eigenvalue weighted by molar-refractivity contribution is 9.11. The normalized spacial score (nSPS) is 20.0. The van der Waals surface area contributed by atoms with Crippen molar-refractivity contribution in [2.75, 3.05) is 17.2 Å². The van der Waals surface area contributed by atoms with Crippen molar-refractivity contribution in [1.82, 2.24) is 5.32 Å². The molecule has 4 rings (SSSR count). The number of nitrogens with one attached hydrogen (secondary N) is 3. The Labute approximate surface area is 134 Å². The molecular weight excluding hydrogens is 350 g/mol. The van der Waals surface area contributed by atoms with Crippen LogP contribution in [0.3, 0.4) is 0 Å². The summed E-state index contributed by atoms with van der Waals surface area (Å²) in [7, 11) is 0. The molecule has 4 nitrogen and oxygen atoms in total. The van der Waals surface area contributed by atoms with Crippen LogP contribution in [0.15, 0.2) is 51.5 Å². The molecule has 1 aromatic heterocycles. The fourth-order valence-electron chi connectivity index (χ4n) is 2.72. The number of hydrogen-bond donors (Lipinski definition) is 3. The molecular formula is C15H12BrN3OS. The lowest BCUT2D eigenvalue weighted by molar-refractivity contribution is -0.116. The molecule has 0 saturated heterocycles. The quantitative estimate of drug-likeness (QED) is 0.728. The van der Waals surface area contributed by atoms with Crippen molar-refractivity contribution in [2.45, 2.75) is 6.04 Å². The van der Waals surface area contributed by atoms with Crippen molar-refractivity contribution in [2.24, 2.45) is 0 Å². The van der Waals surface area contributed by atoms with Gasteiger partial charge in [-0.15, -0.1) is 11.3 Å². The maximum absolute atomic E-state index is 12.2. The summed E-state index contributed by atoms with van der Waals surface area (Å²) in [6, 6.07) is 12.0. The van der Waals surface area contributed by atoms with Gasteiger partial charge in [-0.3, -0.25) is 4.79 Å². The number of para-hydroxylation sites is 2. The first-order valence-corrected chi connectivity index (χ1v) is 8.22. The van der Waals surface area contributed by atoms with Crippen molar-refractivity contribution in [1.29, 1.82) is 0 Å². The molecule has 0 aliphatic carbocycles. The van der Waals surface area contributed by atoms with Crippen molar-refractivity contribution in [3.05, 3.63) is 56.3 Å². The van der Waals surface area contributed by atoms with Gasteiger partial charge in [-0.1, -0.05) is 12.1 Å². The average molecular weight is 362 g/mol. The van der Waals surface area contributed by atoms with E-state index in [1.165, 1.54) is 0 Å². The van der Waals surface area contributed by atoms with E-state index in [2.05, 4.69) is 37.9 Å². The highest BCUT2D eigenvalue weighted by Crippen LogP contribution is 2.40. The summed E-state index contributed by atoms with van der Waals surface area (Å²) in [4.78, 5) is 13.4. The number of fused-ring (bicyclic) bond motifs is 1. The van der Waals surface area contributed by atoms with Gasteiger partial charge in [0.2, 0.25) is 0 Å². The molecule has 106 valence electrons. The molecule has 0 fully saturated rings. The van der Waals surface area contributed by atoms with Crippen LogP contribution in [-0.4, -0.2) is 12.5 Å². The van der Waals surface area contributed by atoms with E-state index in [1.807, 2.05) is 30.3 Å². The Hall–Kier alpha value is -1.79. The SMILES string of the molecule is O=C1NCC2=C1C(c1ccc(Br)s1)Nc1ccccc1N2. The maximum Gasteiger partial charge on any atom is 0.251 e. The van der Waals surface area contributed by atoms with Gasteiger partial charge in [0.25, 0.3) is 5.91 Å². The molecule has 0 spiro atoms. The van der Waals surface area contributed by atoms with E-state index < -0.39 is 0 Å². The first kappa shape index (κ1) is 12.9. The Kier molecular flexibility index (Phi) is 3.01. The molecule has 21 heavy (non-hydrogen) atoms. The zero-order valence-electron chi connectivity index (χ0n) is 10.9. The number of amides is 1. The van der Waals surface area contributed by atoms with E-state index in [1.54, 1.807) is 11.3 Å². The number of benzene rings is 1. The van der Waals surface area contributed by atoms with E-state index >= 15 is 0 Å². The van der Waals surface area contributed by atoms with Crippen LogP contribution in [-0.2, 0) is 4.79 Å². The van der Waals surface area contributed by atoms with E-state index in [-0.39, 0.29) is 11.9 Å². The number of hydrogen-bond acceptors (Lipinski definition) is 4. The molecule has 0 bridgehead atoms. The van der Waals surface area contributed by atoms with Crippen LogP contribution in [0.4, 0.5) is 11.4 Å². The van der Waals surface area contributed by atoms with Gasteiger partial charge in [-0.25, -0.2) is 0 Å². The summed E-state index contributed by atoms with van der Waals surface area (Å²) in [6.45, 7) is 0.549. The van der Waals surface area contributed by atoms with Gasteiger partial charge in [-0.2, -0.15) is 0 Å². The fourth-order valence-corrected chi connectivity index (χ4v) is 4.20. The maximum atomic E-state index is 12.2. The van der Waals surface area contributed by atoms with Gasteiger partial charge in [0.05, 0.1) is 33.3 Å². The number of thiophene rings is 1. The highest BCUT2D eigenvalue weighted by Gasteiger charge is 2.34. The van der Waals surface area contributed by atoms with Crippen molar-refractivity contribution in [3.63, 3.8) is 0 Å². The van der Waals surface area contributed by atoms with Crippen LogP contribution in [0, 0.1) is 0 Å². The predicted octanol–water partition coefficient (Wildman–Crippen LogP) is 3.47. The van der Waals surface area contributed by atoms with Gasteiger partial charge in [0, 0.05) is 10.6 Å². The Morgan fingerprint density at radius 3 is 2.71 bits per heavy atom. The second-order valence-corrected chi connectivity index (χ2v) is 7.46. The van der Waals surface area contributed by atoms with E-state index in [0.717, 1.165) is 31.3 Å². The van der Waals surface area contributed by atoms with Gasteiger partial charge in [0.1, 0.15) is 0 Å². The largest absolute Gasteiger partial charge is 0.371 e. The molecule has 2 aliphatic heterocycles. The Balaban J connectivity index is 1.86. The molecule has 1 unspecified atom stereocenters. The minimum Gasteiger partial charge on any atom is -0.371 e. The zero-order valence-corrected chi connectivity index (χ0v) is 13.3. The van der Waals surface area contributed by atoms with Crippen LogP contribution in [0.2, 0.25) is 0 Å². The van der Waals surface area contributed by atoms with Gasteiger partial charge in [-0.05, 0) is 40.2 Å². The second kappa shape index (κ2) is 4.89. The summed E-state index contributed by atoms with van der Waals surface area (Å²) in [6.07, 6.45) is 0. The highest BCUT2D eigenvalue weighted by atomic mass is 79.9. The third-order valence-electron chi connectivity index (χ3n) is 3.68. The smallest absolute Gasteiger partial charge is 0.251 e. The first-order valence-electron chi connectivity index (χ1n) is 6.61. The summed E-state index contributed by atoms with van der Waals surface area (Å²) < 4.78 is 1.06. The topological polar surface area (TPSA) is 53.2 Å². The minimum atomic E-state index is -0.130. The van der Waals surface area contributed by atoms with Gasteiger partial charge in [0.15, 0.2) is 0 Å². The third kappa shape index (κ3) is 2.15. The molecule has 3 heterocycles. The van der Waals surface area contributed by atoms with Crippen molar-refractivity contribution >= 4 is 44.5 Å². The Morgan fingerprint density at radius 1 is 1.14 bits per heavy atom. The average Bonchev–Trinajstić information content (AvgIpc) is 3.01. The molecule has 0 saturated carbocycles. The minimum absolute atomic E-state index is 0.00710. The van der Waals surface area contributed by atoms with E-state index in [4.69, 9.17) is 0 Å². The predicted molar refractivity (Wildman–Crippen MR) is 88.5 cm³/mol. The van der Waals surface area contributed by atoms with Crippen LogP contribution in [0.25, 0.3) is 0 Å².